The SMILES string of the molecule is C=CN.CCOCCSc1sc2nc(-c3nccs3)cc(-c3cnc(C)n3C)c2c1N. The number of aryl methyl sites for hydroxylation is 1. The number of nitrogens with zero attached hydrogens (tertiary/aromatic N) is 4. The highest BCUT2D eigenvalue weighted by atomic mass is 32.2. The van der Waals surface area contributed by atoms with E-state index in [1.54, 1.807) is 40.6 Å². The van der Waals surface area contributed by atoms with Crippen LogP contribution < -0.4 is 11.5 Å². The average molecular weight is 475 g/mol. The van der Waals surface area contributed by atoms with Crippen LogP contribution in [0.4, 0.5) is 5.69 Å². The van der Waals surface area contributed by atoms with Crippen molar-refractivity contribution in [1.29, 1.82) is 0 Å². The molecular formula is C21H26N6OS3. The summed E-state index contributed by atoms with van der Waals surface area (Å²) in [6, 6.07) is 2.08. The Morgan fingerprint density at radius 2 is 2.13 bits per heavy atom. The maximum absolute atomic E-state index is 6.58. The van der Waals surface area contributed by atoms with Gasteiger partial charge in [-0.25, -0.2) is 15.0 Å². The van der Waals surface area contributed by atoms with Crippen LogP contribution in [0.1, 0.15) is 12.7 Å². The number of ether oxygens (including phenoxy) is 1. The lowest BCUT2D eigenvalue weighted by Crippen LogP contribution is -1.97. The highest BCUT2D eigenvalue weighted by Crippen LogP contribution is 2.45. The molecule has 0 aliphatic rings. The quantitative estimate of drug-likeness (QED) is 0.289. The molecule has 0 saturated carbocycles. The van der Waals surface area contributed by atoms with E-state index in [2.05, 4.69) is 32.9 Å². The number of thioether (sulfide) groups is 1. The summed E-state index contributed by atoms with van der Waals surface area (Å²) in [5, 5.41) is 3.86. The molecule has 4 heterocycles. The molecule has 0 atom stereocenters. The van der Waals surface area contributed by atoms with Gasteiger partial charge in [0.2, 0.25) is 0 Å². The molecule has 7 nitrogen and oxygen atoms in total. The lowest BCUT2D eigenvalue weighted by Gasteiger charge is -2.08. The average Bonchev–Trinajstić information content (AvgIpc) is 3.47. The van der Waals surface area contributed by atoms with E-state index in [4.69, 9.17) is 15.5 Å². The number of fused-ring (bicyclic) bond motifs is 1. The molecule has 0 aromatic carbocycles. The van der Waals surface area contributed by atoms with Crippen molar-refractivity contribution in [2.45, 2.75) is 18.1 Å². The van der Waals surface area contributed by atoms with Crippen LogP contribution in [-0.2, 0) is 11.8 Å². The molecular weight excluding hydrogens is 448 g/mol. The van der Waals surface area contributed by atoms with Crippen LogP contribution >= 0.6 is 34.4 Å². The van der Waals surface area contributed by atoms with E-state index in [1.165, 1.54) is 6.20 Å². The molecule has 4 rings (SSSR count). The molecule has 0 saturated heterocycles. The molecule has 0 fully saturated rings. The largest absolute Gasteiger partial charge is 0.405 e. The topological polar surface area (TPSA) is 105 Å². The van der Waals surface area contributed by atoms with Gasteiger partial charge in [0.05, 0.1) is 28.4 Å². The van der Waals surface area contributed by atoms with Gasteiger partial charge in [0.1, 0.15) is 21.4 Å². The van der Waals surface area contributed by atoms with Crippen molar-refractivity contribution in [3.8, 4) is 22.0 Å². The molecule has 0 aliphatic carbocycles. The Bertz CT molecular complexity index is 1150. The number of anilines is 1. The van der Waals surface area contributed by atoms with Gasteiger partial charge in [-0.1, -0.05) is 6.58 Å². The monoisotopic (exact) mass is 474 g/mol. The molecule has 0 aliphatic heterocycles. The number of nitrogen functional groups attached to an aromatic ring is 1. The summed E-state index contributed by atoms with van der Waals surface area (Å²) in [4.78, 5) is 14.7. The Kier molecular flexibility index (Phi) is 8.08. The molecule has 0 bridgehead atoms. The first-order chi connectivity index (χ1) is 15.0. The van der Waals surface area contributed by atoms with Gasteiger partial charge in [-0.2, -0.15) is 0 Å². The second-order valence-electron chi connectivity index (χ2n) is 6.41. The minimum Gasteiger partial charge on any atom is -0.405 e. The second-order valence-corrected chi connectivity index (χ2v) is 9.66. The molecule has 4 aromatic rings. The van der Waals surface area contributed by atoms with E-state index in [-0.39, 0.29) is 0 Å². The van der Waals surface area contributed by atoms with Crippen molar-refractivity contribution in [1.82, 2.24) is 19.5 Å². The number of thiazole rings is 1. The standard InChI is InChI=1S/C19H21N5OS3.C2H5N/c1-4-25-6-8-27-19-16(20)15-12(14-10-22-11(2)24(14)3)9-13(23-18(15)28-19)17-21-5-7-26-17;1-2-3/h5,7,9-10H,4,6,8,20H2,1-3H3;2H,1,3H2. The smallest absolute Gasteiger partial charge is 0.141 e. The highest BCUT2D eigenvalue weighted by molar-refractivity contribution is 8.01. The van der Waals surface area contributed by atoms with E-state index in [0.717, 1.165) is 60.3 Å². The summed E-state index contributed by atoms with van der Waals surface area (Å²) >= 11 is 4.94. The van der Waals surface area contributed by atoms with Crippen molar-refractivity contribution in [2.75, 3.05) is 24.7 Å². The van der Waals surface area contributed by atoms with Gasteiger partial charge >= 0.3 is 0 Å². The molecule has 4 N–H and O–H groups in total. The van der Waals surface area contributed by atoms with Crippen molar-refractivity contribution < 1.29 is 4.74 Å². The van der Waals surface area contributed by atoms with Gasteiger partial charge < -0.3 is 20.8 Å². The van der Waals surface area contributed by atoms with E-state index in [9.17, 15) is 0 Å². The molecule has 164 valence electrons. The minimum atomic E-state index is 0.709. The number of hydrogen-bond donors (Lipinski definition) is 2. The number of imidazole rings is 1. The zero-order valence-corrected chi connectivity index (χ0v) is 20.2. The molecule has 0 amide bonds. The van der Waals surface area contributed by atoms with Crippen molar-refractivity contribution >= 4 is 50.3 Å². The molecule has 31 heavy (non-hydrogen) atoms. The highest BCUT2D eigenvalue weighted by Gasteiger charge is 2.20. The first-order valence-electron chi connectivity index (χ1n) is 9.66. The first kappa shape index (κ1) is 23.3. The van der Waals surface area contributed by atoms with Crippen molar-refractivity contribution in [3.63, 3.8) is 0 Å². The van der Waals surface area contributed by atoms with Gasteiger partial charge in [-0.05, 0) is 26.1 Å². The van der Waals surface area contributed by atoms with Crippen LogP contribution in [0.2, 0.25) is 0 Å². The van der Waals surface area contributed by atoms with Crippen LogP contribution in [0.25, 0.3) is 32.2 Å². The number of aromatic nitrogens is 4. The van der Waals surface area contributed by atoms with E-state index >= 15 is 0 Å². The van der Waals surface area contributed by atoms with Gasteiger partial charge in [-0.15, -0.1) is 34.4 Å². The minimum absolute atomic E-state index is 0.709. The summed E-state index contributed by atoms with van der Waals surface area (Å²) in [7, 11) is 2.02. The van der Waals surface area contributed by atoms with E-state index in [1.807, 2.05) is 32.5 Å². The second kappa shape index (κ2) is 10.8. The Balaban J connectivity index is 0.000000858. The van der Waals surface area contributed by atoms with Gasteiger partial charge in [0, 0.05) is 41.9 Å². The third-order valence-electron chi connectivity index (χ3n) is 4.48. The summed E-state index contributed by atoms with van der Waals surface area (Å²) in [6.07, 6.45) is 4.95. The lowest BCUT2D eigenvalue weighted by atomic mass is 10.1. The third kappa shape index (κ3) is 5.09. The Morgan fingerprint density at radius 1 is 1.35 bits per heavy atom. The van der Waals surface area contributed by atoms with Crippen LogP contribution in [0.5, 0.6) is 0 Å². The molecule has 10 heteroatoms. The van der Waals surface area contributed by atoms with Crippen LogP contribution in [-0.4, -0.2) is 38.5 Å². The third-order valence-corrected chi connectivity index (χ3v) is 7.62. The van der Waals surface area contributed by atoms with Crippen LogP contribution in [0.3, 0.4) is 0 Å². The fourth-order valence-corrected chi connectivity index (χ4v) is 5.78. The fraction of sp³-hybridized carbons (Fsp3) is 0.286. The summed E-state index contributed by atoms with van der Waals surface area (Å²) in [6.45, 7) is 8.58. The number of hydrogen-bond acceptors (Lipinski definition) is 9. The van der Waals surface area contributed by atoms with Crippen molar-refractivity contribution in [2.24, 2.45) is 12.8 Å². The Hall–Kier alpha value is -2.40. The van der Waals surface area contributed by atoms with E-state index < -0.39 is 0 Å². The summed E-state index contributed by atoms with van der Waals surface area (Å²) in [5.41, 5.74) is 14.9. The van der Waals surface area contributed by atoms with Crippen LogP contribution in [0.15, 0.2) is 40.8 Å². The Labute approximate surface area is 194 Å². The molecule has 0 radical (unpaired) electrons. The zero-order chi connectivity index (χ0) is 22.4. The normalized spacial score (nSPS) is 10.8. The van der Waals surface area contributed by atoms with Crippen LogP contribution in [0, 0.1) is 6.92 Å². The summed E-state index contributed by atoms with van der Waals surface area (Å²) in [5.74, 6) is 1.82. The van der Waals surface area contributed by atoms with Gasteiger partial charge in [0.15, 0.2) is 0 Å². The first-order valence-corrected chi connectivity index (χ1v) is 12.3. The molecule has 0 unspecified atom stereocenters. The van der Waals surface area contributed by atoms with Gasteiger partial charge in [-0.3, -0.25) is 0 Å². The van der Waals surface area contributed by atoms with Gasteiger partial charge in [0.25, 0.3) is 0 Å². The van der Waals surface area contributed by atoms with Crippen molar-refractivity contribution in [3.05, 3.63) is 42.4 Å². The number of nitrogens with two attached hydrogens (primary N) is 2. The maximum atomic E-state index is 6.58. The number of rotatable bonds is 7. The molecule has 4 aromatic heterocycles. The maximum Gasteiger partial charge on any atom is 0.141 e. The summed E-state index contributed by atoms with van der Waals surface area (Å²) < 4.78 is 8.62. The zero-order valence-electron chi connectivity index (χ0n) is 17.8. The van der Waals surface area contributed by atoms with E-state index in [0.29, 0.717) is 6.61 Å². The molecule has 0 spiro atoms. The number of thiophene rings is 1. The predicted octanol–water partition coefficient (Wildman–Crippen LogP) is 4.93. The lowest BCUT2D eigenvalue weighted by molar-refractivity contribution is 0.164. The predicted molar refractivity (Wildman–Crippen MR) is 134 cm³/mol. The Morgan fingerprint density at radius 3 is 2.74 bits per heavy atom. The fourth-order valence-electron chi connectivity index (χ4n) is 2.96. The number of pyridine rings is 1.